The Labute approximate surface area is 152 Å². The van der Waals surface area contributed by atoms with E-state index in [2.05, 4.69) is 5.32 Å². The summed E-state index contributed by atoms with van der Waals surface area (Å²) in [6, 6.07) is 15.3. The van der Waals surface area contributed by atoms with E-state index in [1.54, 1.807) is 24.3 Å². The number of carbonyl (C=O) groups is 1. The van der Waals surface area contributed by atoms with Crippen LogP contribution in [0.5, 0.6) is 0 Å². The fraction of sp³-hybridized carbons (Fsp3) is 0.0500. The van der Waals surface area contributed by atoms with Crippen LogP contribution >= 0.6 is 0 Å². The van der Waals surface area contributed by atoms with E-state index in [1.165, 1.54) is 36.4 Å². The van der Waals surface area contributed by atoms with Gasteiger partial charge in [0.1, 0.15) is 11.4 Å². The van der Waals surface area contributed by atoms with Crippen LogP contribution in [0.1, 0.15) is 6.92 Å². The largest absolute Gasteiger partial charge is 0.351 e. The summed E-state index contributed by atoms with van der Waals surface area (Å²) in [6.07, 6.45) is 0. The molecule has 0 fully saturated rings. The van der Waals surface area contributed by atoms with Crippen molar-refractivity contribution in [3.8, 4) is 0 Å². The van der Waals surface area contributed by atoms with Crippen LogP contribution in [0.4, 0.5) is 40.3 Å². The van der Waals surface area contributed by atoms with Gasteiger partial charge < -0.3 is 5.32 Å². The summed E-state index contributed by atoms with van der Waals surface area (Å²) in [5.41, 5.74) is -1.77. The normalized spacial score (nSPS) is 10.6. The Morgan fingerprint density at radius 3 is 1.74 bits per heavy atom. The maximum Gasteiger partial charge on any atom is 0.228 e. The van der Waals surface area contributed by atoms with Gasteiger partial charge in [0, 0.05) is 18.3 Å². The van der Waals surface area contributed by atoms with Crippen molar-refractivity contribution in [3.05, 3.63) is 83.9 Å². The summed E-state index contributed by atoms with van der Waals surface area (Å²) in [5, 5.41) is 2.32. The minimum Gasteiger partial charge on any atom is -0.351 e. The Bertz CT molecular complexity index is 949. The lowest BCUT2D eigenvalue weighted by atomic mass is 10.1. The first-order valence-corrected chi connectivity index (χ1v) is 7.95. The minimum atomic E-state index is -1.67. The Kier molecular flexibility index (Phi) is 5.12. The zero-order valence-electron chi connectivity index (χ0n) is 14.1. The number of rotatable bonds is 4. The molecule has 27 heavy (non-hydrogen) atoms. The van der Waals surface area contributed by atoms with Gasteiger partial charge in [-0.25, -0.2) is 17.6 Å². The molecule has 1 amide bonds. The Morgan fingerprint density at radius 1 is 0.778 bits per heavy atom. The number of amides is 1. The first kappa shape index (κ1) is 18.4. The molecule has 0 unspecified atom stereocenters. The van der Waals surface area contributed by atoms with Crippen molar-refractivity contribution in [3.63, 3.8) is 0 Å². The molecule has 0 heterocycles. The molecule has 0 saturated carbocycles. The lowest BCUT2D eigenvalue weighted by Gasteiger charge is -2.24. The Hall–Kier alpha value is -3.35. The van der Waals surface area contributed by atoms with Gasteiger partial charge in [-0.1, -0.05) is 36.4 Å². The van der Waals surface area contributed by atoms with E-state index in [0.717, 1.165) is 6.92 Å². The van der Waals surface area contributed by atoms with Crippen LogP contribution in [0.15, 0.2) is 60.7 Å². The summed E-state index contributed by atoms with van der Waals surface area (Å²) in [6.45, 7) is 1.04. The molecule has 3 rings (SSSR count). The second-order valence-electron chi connectivity index (χ2n) is 5.66. The maximum absolute atomic E-state index is 14.7. The average Bonchev–Trinajstić information content (AvgIpc) is 2.68. The predicted octanol–water partition coefficient (Wildman–Crippen LogP) is 5.67. The molecule has 0 saturated heterocycles. The maximum atomic E-state index is 14.7. The van der Waals surface area contributed by atoms with Crippen LogP contribution in [0, 0.1) is 23.3 Å². The topological polar surface area (TPSA) is 32.3 Å². The van der Waals surface area contributed by atoms with Crippen molar-refractivity contribution in [2.24, 2.45) is 0 Å². The van der Waals surface area contributed by atoms with Crippen LogP contribution in [-0.4, -0.2) is 5.91 Å². The fourth-order valence-corrected chi connectivity index (χ4v) is 2.64. The number of hydrogen-bond donors (Lipinski definition) is 1. The van der Waals surface area contributed by atoms with Crippen molar-refractivity contribution in [1.29, 1.82) is 0 Å². The molecule has 0 aliphatic rings. The van der Waals surface area contributed by atoms with Crippen molar-refractivity contribution in [1.82, 2.24) is 0 Å². The van der Waals surface area contributed by atoms with E-state index in [9.17, 15) is 22.4 Å². The predicted molar refractivity (Wildman–Crippen MR) is 95.3 cm³/mol. The Balaban J connectivity index is 2.16. The summed E-state index contributed by atoms with van der Waals surface area (Å²) in [4.78, 5) is 12.6. The molecule has 0 aromatic heterocycles. The third kappa shape index (κ3) is 3.48. The number of nitrogens with zero attached hydrogens (tertiary/aromatic N) is 1. The standard InChI is InChI=1S/C20H14F4N2O/c1-12(27)26(14-10-6-3-7-11-14)20-17(23)15(21)19(16(22)18(20)24)25-13-8-4-2-5-9-13/h2-11,25H,1H3. The molecule has 3 aromatic carbocycles. The first-order valence-electron chi connectivity index (χ1n) is 7.95. The van der Waals surface area contributed by atoms with Crippen molar-refractivity contribution >= 4 is 28.7 Å². The van der Waals surface area contributed by atoms with Gasteiger partial charge in [-0.3, -0.25) is 9.69 Å². The van der Waals surface area contributed by atoms with Crippen LogP contribution in [-0.2, 0) is 4.79 Å². The minimum absolute atomic E-state index is 0.0744. The number of anilines is 4. The summed E-state index contributed by atoms with van der Waals surface area (Å²) < 4.78 is 58.5. The van der Waals surface area contributed by atoms with Crippen LogP contribution in [0.25, 0.3) is 0 Å². The highest BCUT2D eigenvalue weighted by atomic mass is 19.2. The molecule has 3 nitrogen and oxygen atoms in total. The third-order valence-electron chi connectivity index (χ3n) is 3.84. The second kappa shape index (κ2) is 7.49. The van der Waals surface area contributed by atoms with Gasteiger partial charge in [-0.2, -0.15) is 0 Å². The van der Waals surface area contributed by atoms with Gasteiger partial charge in [0.2, 0.25) is 5.91 Å². The van der Waals surface area contributed by atoms with Gasteiger partial charge in [-0.05, 0) is 24.3 Å². The van der Waals surface area contributed by atoms with E-state index in [0.29, 0.717) is 4.90 Å². The zero-order valence-corrected chi connectivity index (χ0v) is 14.1. The second-order valence-corrected chi connectivity index (χ2v) is 5.66. The molecule has 0 bridgehead atoms. The number of carbonyl (C=O) groups excluding carboxylic acids is 1. The lowest BCUT2D eigenvalue weighted by molar-refractivity contribution is -0.115. The number of nitrogens with one attached hydrogen (secondary N) is 1. The molecule has 138 valence electrons. The van der Waals surface area contributed by atoms with Gasteiger partial charge in [0.15, 0.2) is 23.3 Å². The highest BCUT2D eigenvalue weighted by Gasteiger charge is 2.31. The molecule has 0 spiro atoms. The summed E-state index contributed by atoms with van der Waals surface area (Å²) in [7, 11) is 0. The van der Waals surface area contributed by atoms with E-state index in [1.807, 2.05) is 0 Å². The zero-order chi connectivity index (χ0) is 19.6. The van der Waals surface area contributed by atoms with Crippen molar-refractivity contribution in [2.45, 2.75) is 6.92 Å². The average molecular weight is 374 g/mol. The van der Waals surface area contributed by atoms with E-state index in [4.69, 9.17) is 0 Å². The number of hydrogen-bond acceptors (Lipinski definition) is 2. The number of benzene rings is 3. The summed E-state index contributed by atoms with van der Waals surface area (Å²) in [5.74, 6) is -7.41. The third-order valence-corrected chi connectivity index (χ3v) is 3.84. The van der Waals surface area contributed by atoms with E-state index in [-0.39, 0.29) is 11.4 Å². The molecule has 7 heteroatoms. The van der Waals surface area contributed by atoms with Gasteiger partial charge in [-0.15, -0.1) is 0 Å². The highest BCUT2D eigenvalue weighted by Crippen LogP contribution is 2.38. The summed E-state index contributed by atoms with van der Waals surface area (Å²) >= 11 is 0. The molecule has 1 N–H and O–H groups in total. The molecular formula is C20H14F4N2O. The van der Waals surface area contributed by atoms with Crippen molar-refractivity contribution in [2.75, 3.05) is 10.2 Å². The number of halogens is 4. The van der Waals surface area contributed by atoms with E-state index < -0.39 is 40.6 Å². The molecule has 0 aliphatic heterocycles. The Morgan fingerprint density at radius 2 is 1.26 bits per heavy atom. The molecule has 3 aromatic rings. The van der Waals surface area contributed by atoms with Crippen molar-refractivity contribution < 1.29 is 22.4 Å². The van der Waals surface area contributed by atoms with Gasteiger partial charge in [0.25, 0.3) is 0 Å². The molecule has 0 atom stereocenters. The van der Waals surface area contributed by atoms with Gasteiger partial charge in [0.05, 0.1) is 0 Å². The number of para-hydroxylation sites is 2. The quantitative estimate of drug-likeness (QED) is 0.471. The smallest absolute Gasteiger partial charge is 0.228 e. The fourth-order valence-electron chi connectivity index (χ4n) is 2.64. The molecular weight excluding hydrogens is 360 g/mol. The van der Waals surface area contributed by atoms with Crippen LogP contribution in [0.3, 0.4) is 0 Å². The monoisotopic (exact) mass is 374 g/mol. The molecule has 0 aliphatic carbocycles. The lowest BCUT2D eigenvalue weighted by Crippen LogP contribution is -2.26. The van der Waals surface area contributed by atoms with Gasteiger partial charge >= 0.3 is 0 Å². The van der Waals surface area contributed by atoms with Crippen LogP contribution < -0.4 is 10.2 Å². The highest BCUT2D eigenvalue weighted by molar-refractivity contribution is 5.99. The SMILES string of the molecule is CC(=O)N(c1ccccc1)c1c(F)c(F)c(Nc2ccccc2)c(F)c1F. The molecule has 0 radical (unpaired) electrons. The first-order chi connectivity index (χ1) is 12.9. The van der Waals surface area contributed by atoms with E-state index >= 15 is 0 Å². The van der Waals surface area contributed by atoms with Crippen LogP contribution in [0.2, 0.25) is 0 Å².